The van der Waals surface area contributed by atoms with Gasteiger partial charge in [-0.15, -0.1) is 0 Å². The Morgan fingerprint density at radius 3 is 2.37 bits per heavy atom. The summed E-state index contributed by atoms with van der Waals surface area (Å²) in [7, 11) is -3.10. The Bertz CT molecular complexity index is 575. The average Bonchev–Trinajstić information content (AvgIpc) is 3.24. The van der Waals surface area contributed by atoms with Crippen molar-refractivity contribution >= 4 is 25.8 Å². The van der Waals surface area contributed by atoms with Crippen LogP contribution in [0, 0.1) is 0 Å². The van der Waals surface area contributed by atoms with Crippen LogP contribution in [-0.4, -0.2) is 26.8 Å². The Balaban J connectivity index is 1.89. The summed E-state index contributed by atoms with van der Waals surface area (Å²) in [5, 5.41) is 3.21. The minimum Gasteiger partial charge on any atom is -0.317 e. The highest BCUT2D eigenvalue weighted by Gasteiger charge is 2.38. The van der Waals surface area contributed by atoms with Gasteiger partial charge < -0.3 is 5.32 Å². The molecule has 19 heavy (non-hydrogen) atoms. The van der Waals surface area contributed by atoms with E-state index in [1.165, 1.54) is 5.56 Å². The quantitative estimate of drug-likeness (QED) is 0.917. The summed E-state index contributed by atoms with van der Waals surface area (Å²) in [6.07, 6.45) is 3.87. The molecule has 1 aliphatic carbocycles. The number of benzene rings is 1. The zero-order valence-electron chi connectivity index (χ0n) is 10.7. The number of halogens is 1. The number of sulfone groups is 1. The van der Waals surface area contributed by atoms with Gasteiger partial charge in [0.2, 0.25) is 0 Å². The number of piperidine rings is 1. The number of nitrogens with one attached hydrogen (secondary N) is 1. The fourth-order valence-corrected chi connectivity index (χ4v) is 5.49. The van der Waals surface area contributed by atoms with Gasteiger partial charge in [-0.25, -0.2) is 8.42 Å². The summed E-state index contributed by atoms with van der Waals surface area (Å²) >= 11 is 3.45. The van der Waals surface area contributed by atoms with Gasteiger partial charge in [0.15, 0.2) is 9.84 Å². The zero-order chi connectivity index (χ0) is 13.5. The third kappa shape index (κ3) is 2.73. The predicted octanol–water partition coefficient (Wildman–Crippen LogP) is 2.85. The Labute approximate surface area is 122 Å². The molecule has 5 heteroatoms. The molecule has 1 heterocycles. The minimum absolute atomic E-state index is 0.145. The maximum Gasteiger partial charge on any atom is 0.182 e. The molecule has 0 spiro atoms. The molecular weight excluding hydrogens is 326 g/mol. The van der Waals surface area contributed by atoms with Gasteiger partial charge in [-0.1, -0.05) is 6.07 Å². The van der Waals surface area contributed by atoms with Crippen molar-refractivity contribution in [1.29, 1.82) is 0 Å². The number of rotatable bonds is 3. The maximum absolute atomic E-state index is 12.3. The number of hydrogen-bond acceptors (Lipinski definition) is 3. The van der Waals surface area contributed by atoms with Gasteiger partial charge in [0.1, 0.15) is 0 Å². The highest BCUT2D eigenvalue weighted by atomic mass is 79.9. The molecule has 0 radical (unpaired) electrons. The summed E-state index contributed by atoms with van der Waals surface area (Å²) in [4.78, 5) is 0.465. The van der Waals surface area contributed by atoms with Crippen LogP contribution in [0.15, 0.2) is 27.6 Å². The third-order valence-corrected chi connectivity index (χ3v) is 7.27. The van der Waals surface area contributed by atoms with E-state index in [1.807, 2.05) is 12.1 Å². The van der Waals surface area contributed by atoms with Gasteiger partial charge in [-0.2, -0.15) is 0 Å². The van der Waals surface area contributed by atoms with Crippen LogP contribution in [0.1, 0.15) is 37.2 Å². The summed E-state index contributed by atoms with van der Waals surface area (Å²) in [6, 6.07) is 5.79. The van der Waals surface area contributed by atoms with Crippen molar-refractivity contribution < 1.29 is 8.42 Å². The van der Waals surface area contributed by atoms with E-state index in [1.54, 1.807) is 6.07 Å². The molecule has 1 saturated heterocycles. The normalized spacial score (nSPS) is 21.5. The summed E-state index contributed by atoms with van der Waals surface area (Å²) in [6.45, 7) is 2.09. The lowest BCUT2D eigenvalue weighted by atomic mass is 9.90. The van der Waals surface area contributed by atoms with E-state index in [-0.39, 0.29) is 5.25 Å². The first-order valence-corrected chi connectivity index (χ1v) is 9.17. The van der Waals surface area contributed by atoms with E-state index in [9.17, 15) is 8.42 Å². The fraction of sp³-hybridized carbons (Fsp3) is 0.571. The number of hydrogen-bond donors (Lipinski definition) is 1. The first-order chi connectivity index (χ1) is 9.09. The molecule has 0 aromatic heterocycles. The van der Waals surface area contributed by atoms with E-state index >= 15 is 0 Å². The molecule has 3 nitrogen and oxygen atoms in total. The van der Waals surface area contributed by atoms with Gasteiger partial charge in [0, 0.05) is 4.47 Å². The molecule has 3 rings (SSSR count). The van der Waals surface area contributed by atoms with Crippen molar-refractivity contribution in [2.45, 2.75) is 41.7 Å². The lowest BCUT2D eigenvalue weighted by molar-refractivity contribution is 0.460. The van der Waals surface area contributed by atoms with Gasteiger partial charge >= 0.3 is 0 Å². The van der Waals surface area contributed by atoms with Gasteiger partial charge in [-0.3, -0.25) is 0 Å². The topological polar surface area (TPSA) is 46.2 Å². The second-order valence-corrected chi connectivity index (χ2v) is 8.51. The molecule has 2 fully saturated rings. The molecule has 1 aromatic rings. The monoisotopic (exact) mass is 343 g/mol. The lowest BCUT2D eigenvalue weighted by Crippen LogP contribution is -2.26. The molecular formula is C14H18BrNO2S. The molecule has 0 amide bonds. The second-order valence-electron chi connectivity index (χ2n) is 5.46. The maximum atomic E-state index is 12.3. The Kier molecular flexibility index (Phi) is 3.71. The molecule has 1 aliphatic heterocycles. The van der Waals surface area contributed by atoms with E-state index in [4.69, 9.17) is 0 Å². The Morgan fingerprint density at radius 2 is 1.79 bits per heavy atom. The van der Waals surface area contributed by atoms with E-state index in [0.29, 0.717) is 10.8 Å². The SMILES string of the molecule is O=S(=O)(c1ccc(C2CCNCC2)cc1Br)C1CC1. The molecule has 0 bridgehead atoms. The molecule has 104 valence electrons. The molecule has 2 aliphatic rings. The van der Waals surface area contributed by atoms with Crippen LogP contribution in [0.5, 0.6) is 0 Å². The first-order valence-electron chi connectivity index (χ1n) is 6.83. The highest BCUT2D eigenvalue weighted by molar-refractivity contribution is 9.10. The average molecular weight is 344 g/mol. The van der Waals surface area contributed by atoms with E-state index < -0.39 is 9.84 Å². The minimum atomic E-state index is -3.10. The summed E-state index contributed by atoms with van der Waals surface area (Å²) in [5.41, 5.74) is 1.25. The zero-order valence-corrected chi connectivity index (χ0v) is 13.1. The Morgan fingerprint density at radius 1 is 1.11 bits per heavy atom. The largest absolute Gasteiger partial charge is 0.317 e. The van der Waals surface area contributed by atoms with Crippen LogP contribution in [0.2, 0.25) is 0 Å². The van der Waals surface area contributed by atoms with Crippen LogP contribution in [0.25, 0.3) is 0 Å². The van der Waals surface area contributed by atoms with Crippen LogP contribution in [-0.2, 0) is 9.84 Å². The molecule has 0 unspecified atom stereocenters. The van der Waals surface area contributed by atoms with Crippen LogP contribution in [0.3, 0.4) is 0 Å². The van der Waals surface area contributed by atoms with Gasteiger partial charge in [-0.05, 0) is 78.3 Å². The Hall–Kier alpha value is -0.390. The summed E-state index contributed by atoms with van der Waals surface area (Å²) in [5.74, 6) is 0.551. The van der Waals surface area contributed by atoms with Crippen molar-refractivity contribution in [2.24, 2.45) is 0 Å². The highest BCUT2D eigenvalue weighted by Crippen LogP contribution is 2.38. The van der Waals surface area contributed by atoms with Crippen molar-refractivity contribution in [1.82, 2.24) is 5.32 Å². The summed E-state index contributed by atoms with van der Waals surface area (Å²) < 4.78 is 25.3. The van der Waals surface area contributed by atoms with E-state index in [0.717, 1.165) is 43.2 Å². The standard InChI is InChI=1S/C14H18BrNO2S/c15-13-9-11(10-5-7-16-8-6-10)1-4-14(13)19(17,18)12-2-3-12/h1,4,9-10,12,16H,2-3,5-8H2. The molecule has 0 atom stereocenters. The van der Waals surface area contributed by atoms with Gasteiger partial charge in [0.05, 0.1) is 10.1 Å². The van der Waals surface area contributed by atoms with Crippen LogP contribution >= 0.6 is 15.9 Å². The van der Waals surface area contributed by atoms with E-state index in [2.05, 4.69) is 21.2 Å². The van der Waals surface area contributed by atoms with Crippen molar-refractivity contribution in [2.75, 3.05) is 13.1 Å². The third-order valence-electron chi connectivity index (χ3n) is 4.04. The van der Waals surface area contributed by atoms with Crippen molar-refractivity contribution in [3.63, 3.8) is 0 Å². The predicted molar refractivity (Wildman–Crippen MR) is 79.2 cm³/mol. The molecule has 1 saturated carbocycles. The van der Waals surface area contributed by atoms with Crippen LogP contribution in [0.4, 0.5) is 0 Å². The lowest BCUT2D eigenvalue weighted by Gasteiger charge is -2.23. The second kappa shape index (κ2) is 5.19. The fourth-order valence-electron chi connectivity index (χ4n) is 2.71. The van der Waals surface area contributed by atoms with Gasteiger partial charge in [0.25, 0.3) is 0 Å². The first kappa shape index (κ1) is 13.6. The van der Waals surface area contributed by atoms with Crippen molar-refractivity contribution in [3.05, 3.63) is 28.2 Å². The smallest absolute Gasteiger partial charge is 0.182 e. The molecule has 1 aromatic carbocycles. The van der Waals surface area contributed by atoms with Crippen molar-refractivity contribution in [3.8, 4) is 0 Å². The van der Waals surface area contributed by atoms with Crippen LogP contribution < -0.4 is 5.32 Å². The molecule has 1 N–H and O–H groups in total.